The van der Waals surface area contributed by atoms with E-state index < -0.39 is 96.0 Å². The van der Waals surface area contributed by atoms with Crippen LogP contribution in [0.25, 0.3) is 0 Å². The predicted molar refractivity (Wildman–Crippen MR) is 223 cm³/mol. The van der Waals surface area contributed by atoms with Gasteiger partial charge < -0.3 is 43.5 Å². The maximum Gasteiger partial charge on any atom is 0.332 e. The minimum atomic E-state index is -2.54. The number of alkyl halides is 1. The van der Waals surface area contributed by atoms with Crippen LogP contribution >= 0.6 is 0 Å². The molecule has 0 unspecified atom stereocenters. The van der Waals surface area contributed by atoms with E-state index in [1.807, 2.05) is 32.9 Å². The van der Waals surface area contributed by atoms with Crippen LogP contribution < -0.4 is 0 Å². The number of carbonyl (C=O) groups is 5. The van der Waals surface area contributed by atoms with E-state index in [1.54, 1.807) is 27.7 Å². The van der Waals surface area contributed by atoms with Crippen molar-refractivity contribution >= 4 is 29.4 Å². The predicted octanol–water partition coefficient (Wildman–Crippen LogP) is 5.38. The van der Waals surface area contributed by atoms with Crippen molar-refractivity contribution in [2.75, 3.05) is 34.0 Å². The number of aliphatic hydroxyl groups is 2. The van der Waals surface area contributed by atoms with E-state index in [9.17, 15) is 34.2 Å². The van der Waals surface area contributed by atoms with E-state index in [0.29, 0.717) is 50.5 Å². The second-order valence-corrected chi connectivity index (χ2v) is 18.0. The molecule has 4 aliphatic rings. The molecule has 14 nitrogen and oxygen atoms in total. The van der Waals surface area contributed by atoms with Gasteiger partial charge in [0, 0.05) is 44.9 Å². The van der Waals surface area contributed by atoms with Gasteiger partial charge in [-0.05, 0) is 102 Å². The molecule has 1 amide bonds. The molecule has 0 aromatic carbocycles. The molecule has 15 heteroatoms. The Hall–Kier alpha value is -3.08. The Morgan fingerprint density at radius 2 is 1.67 bits per heavy atom. The molecule has 0 radical (unpaired) electrons. The molecule has 14 atom stereocenters. The molecule has 2 N–H and O–H groups in total. The van der Waals surface area contributed by atoms with Crippen LogP contribution in [-0.4, -0.2) is 133 Å². The first-order valence-corrected chi connectivity index (χ1v) is 22.4. The van der Waals surface area contributed by atoms with Gasteiger partial charge >= 0.3 is 11.9 Å². The lowest BCUT2D eigenvalue weighted by molar-refractivity contribution is -0.302. The number of hydrogen-bond donors (Lipinski definition) is 2. The maximum absolute atomic E-state index is 15.4. The number of amides is 1. The number of rotatable bonds is 9. The van der Waals surface area contributed by atoms with Crippen LogP contribution in [0.1, 0.15) is 119 Å². The van der Waals surface area contributed by atoms with Crippen LogP contribution in [0.3, 0.4) is 0 Å². The molecule has 3 aliphatic heterocycles. The zero-order chi connectivity index (χ0) is 45.2. The number of halogens is 1. The smallest absolute Gasteiger partial charge is 0.332 e. The standard InChI is InChI=1S/C46H72FNO13/c1-10-32-19-26(3)18-27(4)20-38(56-8)42-39(57-9)22-29(6)46(55,61-42)43(52)44(53)48-17-13-12-14-34(48)45(54)60-41(30(7)35(49)24-36(32)50)28(5)21-31-15-16-37(33(47)23-31)59-25-40(51)58-11-2/h19,21,27,29-35,37-39,41-42,49,55H,10-18,20,22-25H2,1-9H3/b26-19+,28-21+/t27-,29+,30+,31-,32+,33-,34-,35-,37+,38-,39-,41+,42+,46+/m0/s1. The van der Waals surface area contributed by atoms with Crippen molar-refractivity contribution < 1.29 is 67.0 Å². The highest BCUT2D eigenvalue weighted by Crippen LogP contribution is 2.39. The van der Waals surface area contributed by atoms with Crippen molar-refractivity contribution in [1.82, 2.24) is 4.90 Å². The van der Waals surface area contributed by atoms with Crippen LogP contribution in [0.2, 0.25) is 0 Å². The molecule has 0 aromatic heterocycles. The topological polar surface area (TPSA) is 184 Å². The largest absolute Gasteiger partial charge is 0.464 e. The number of esters is 2. The fourth-order valence-electron chi connectivity index (χ4n) is 9.68. The zero-order valence-corrected chi connectivity index (χ0v) is 37.8. The second-order valence-electron chi connectivity index (χ2n) is 18.0. The number of methoxy groups -OCH3 is 2. The Bertz CT molecular complexity index is 1590. The fourth-order valence-corrected chi connectivity index (χ4v) is 9.68. The highest BCUT2D eigenvalue weighted by molar-refractivity contribution is 6.39. The van der Waals surface area contributed by atoms with E-state index >= 15 is 4.39 Å². The Morgan fingerprint density at radius 1 is 0.984 bits per heavy atom. The fraction of sp³-hybridized carbons (Fsp3) is 0.804. The van der Waals surface area contributed by atoms with Gasteiger partial charge in [0.1, 0.15) is 36.8 Å². The number of aliphatic hydroxyl groups excluding tert-OH is 1. The van der Waals surface area contributed by atoms with Gasteiger partial charge in [0.25, 0.3) is 11.7 Å². The van der Waals surface area contributed by atoms with Gasteiger partial charge in [-0.25, -0.2) is 14.0 Å². The lowest BCUT2D eigenvalue weighted by Gasteiger charge is -2.47. The van der Waals surface area contributed by atoms with Gasteiger partial charge in [-0.15, -0.1) is 0 Å². The maximum atomic E-state index is 15.4. The molecule has 3 heterocycles. The molecule has 61 heavy (non-hydrogen) atoms. The Morgan fingerprint density at radius 3 is 2.31 bits per heavy atom. The zero-order valence-electron chi connectivity index (χ0n) is 37.8. The number of ether oxygens (including phenoxy) is 6. The van der Waals surface area contributed by atoms with E-state index in [-0.39, 0.29) is 63.1 Å². The molecule has 0 aromatic rings. The number of nitrogens with zero attached hydrogens (tertiary/aromatic N) is 1. The summed E-state index contributed by atoms with van der Waals surface area (Å²) in [4.78, 5) is 69.6. The molecular weight excluding hydrogens is 793 g/mol. The molecule has 346 valence electrons. The van der Waals surface area contributed by atoms with E-state index in [0.717, 1.165) is 10.5 Å². The highest BCUT2D eigenvalue weighted by Gasteiger charge is 2.56. The second kappa shape index (κ2) is 23.0. The van der Waals surface area contributed by atoms with Crippen molar-refractivity contribution in [2.45, 2.75) is 174 Å². The Labute approximate surface area is 361 Å². The van der Waals surface area contributed by atoms with Crippen LogP contribution in [0.4, 0.5) is 4.39 Å². The minimum absolute atomic E-state index is 0.00653. The summed E-state index contributed by atoms with van der Waals surface area (Å²) in [5, 5.41) is 23.7. The SMILES string of the molecule is CCOC(=O)CO[C@@H]1CC[C@@H](/C=C(\C)[C@H]2OC(=O)[C@@H]3CCCCN3C(=O)C(=O)[C@]3(O)O[C@H]([C@@H](OC)C[C@@H](C)C/C(C)=C/[C@@H](CC)C(=O)C[C@H](O)[C@H]2C)[C@@H](OC)C[C@H]3C)C[C@@H]1F. The number of allylic oxidation sites excluding steroid dienone is 3. The average Bonchev–Trinajstić information content (AvgIpc) is 3.23. The molecule has 4 rings (SSSR count). The van der Waals surface area contributed by atoms with Gasteiger partial charge in [0.05, 0.1) is 31.0 Å². The van der Waals surface area contributed by atoms with Gasteiger partial charge in [0.2, 0.25) is 5.79 Å². The van der Waals surface area contributed by atoms with Crippen LogP contribution in [0.15, 0.2) is 23.3 Å². The number of hydrogen-bond acceptors (Lipinski definition) is 13. The quantitative estimate of drug-likeness (QED) is 0.171. The molecule has 2 saturated heterocycles. The van der Waals surface area contributed by atoms with Gasteiger partial charge in [-0.2, -0.15) is 0 Å². The van der Waals surface area contributed by atoms with Crippen LogP contribution in [0.5, 0.6) is 0 Å². The molecule has 3 fully saturated rings. The normalized spacial score (nSPS) is 39.0. The first-order valence-electron chi connectivity index (χ1n) is 22.4. The van der Waals surface area contributed by atoms with Gasteiger partial charge in [0.15, 0.2) is 0 Å². The molecule has 1 saturated carbocycles. The summed E-state index contributed by atoms with van der Waals surface area (Å²) >= 11 is 0. The summed E-state index contributed by atoms with van der Waals surface area (Å²) in [6.07, 6.45) is 0.831. The highest BCUT2D eigenvalue weighted by atomic mass is 19.1. The number of piperidine rings is 1. The third-order valence-electron chi connectivity index (χ3n) is 13.3. The summed E-state index contributed by atoms with van der Waals surface area (Å²) in [6, 6.07) is -1.20. The number of fused-ring (bicyclic) bond motifs is 3. The third kappa shape index (κ3) is 12.8. The molecule has 0 spiro atoms. The van der Waals surface area contributed by atoms with Crippen LogP contribution in [0, 0.1) is 29.6 Å². The van der Waals surface area contributed by atoms with Crippen LogP contribution in [-0.2, 0) is 52.4 Å². The number of cyclic esters (lactones) is 1. The third-order valence-corrected chi connectivity index (χ3v) is 13.3. The lowest BCUT2D eigenvalue weighted by Crippen LogP contribution is -2.64. The molecular formula is C46H72FNO13. The van der Waals surface area contributed by atoms with E-state index in [4.69, 9.17) is 28.4 Å². The van der Waals surface area contributed by atoms with E-state index in [1.165, 1.54) is 14.2 Å². The molecule has 1 aliphatic carbocycles. The van der Waals surface area contributed by atoms with Gasteiger partial charge in [-0.1, -0.05) is 45.4 Å². The first-order chi connectivity index (χ1) is 28.9. The van der Waals surface area contributed by atoms with Crippen molar-refractivity contribution in [1.29, 1.82) is 0 Å². The van der Waals surface area contributed by atoms with Crippen molar-refractivity contribution in [3.63, 3.8) is 0 Å². The van der Waals surface area contributed by atoms with E-state index in [2.05, 4.69) is 0 Å². The average molecular weight is 866 g/mol. The summed E-state index contributed by atoms with van der Waals surface area (Å²) in [6.45, 7) is 12.5. The Kier molecular flexibility index (Phi) is 19.1. The summed E-state index contributed by atoms with van der Waals surface area (Å²) in [5.41, 5.74) is 1.49. The number of carbonyl (C=O) groups excluding carboxylic acids is 5. The monoisotopic (exact) mass is 865 g/mol. The summed E-state index contributed by atoms with van der Waals surface area (Å²) < 4.78 is 50.0. The Balaban J connectivity index is 1.71. The van der Waals surface area contributed by atoms with Crippen molar-refractivity contribution in [3.05, 3.63) is 23.3 Å². The number of Topliss-reactive ketones (excluding diaryl/α,β-unsaturated/α-hetero) is 2. The minimum Gasteiger partial charge on any atom is -0.464 e. The van der Waals surface area contributed by atoms with Crippen molar-refractivity contribution in [3.8, 4) is 0 Å². The lowest BCUT2D eigenvalue weighted by atomic mass is 9.82. The first kappa shape index (κ1) is 50.6. The summed E-state index contributed by atoms with van der Waals surface area (Å²) in [5.74, 6) is -8.80. The number of ketones is 2. The van der Waals surface area contributed by atoms with Gasteiger partial charge in [-0.3, -0.25) is 14.4 Å². The molecule has 2 bridgehead atoms. The summed E-state index contributed by atoms with van der Waals surface area (Å²) in [7, 11) is 3.03. The van der Waals surface area contributed by atoms with Crippen molar-refractivity contribution in [2.24, 2.45) is 29.6 Å².